The van der Waals surface area contributed by atoms with Gasteiger partial charge in [-0.05, 0) is 49.3 Å². The SMILES string of the molecule is O=C(Cn1cccn1)N1CCC[C@H](CCc2ccc(F)cc2F)C1. The van der Waals surface area contributed by atoms with E-state index >= 15 is 0 Å². The molecule has 0 N–H and O–H groups in total. The fraction of sp³-hybridized carbons (Fsp3) is 0.444. The molecule has 0 spiro atoms. The van der Waals surface area contributed by atoms with Crippen LogP contribution in [0.2, 0.25) is 0 Å². The Balaban J connectivity index is 1.52. The number of piperidine rings is 1. The Morgan fingerprint density at radius 1 is 1.33 bits per heavy atom. The second-order valence-electron chi connectivity index (χ2n) is 6.33. The van der Waals surface area contributed by atoms with Crippen LogP contribution >= 0.6 is 0 Å². The molecule has 1 fully saturated rings. The number of hydrogen-bond donors (Lipinski definition) is 0. The summed E-state index contributed by atoms with van der Waals surface area (Å²) >= 11 is 0. The lowest BCUT2D eigenvalue weighted by molar-refractivity contribution is -0.133. The molecule has 2 aromatic rings. The lowest BCUT2D eigenvalue weighted by Crippen LogP contribution is -2.41. The fourth-order valence-electron chi connectivity index (χ4n) is 3.24. The minimum Gasteiger partial charge on any atom is -0.341 e. The molecule has 3 rings (SSSR count). The summed E-state index contributed by atoms with van der Waals surface area (Å²) in [5.74, 6) is -0.622. The first kappa shape index (κ1) is 16.6. The van der Waals surface area contributed by atoms with Crippen molar-refractivity contribution in [1.82, 2.24) is 14.7 Å². The van der Waals surface area contributed by atoms with Crippen LogP contribution < -0.4 is 0 Å². The van der Waals surface area contributed by atoms with E-state index in [1.165, 1.54) is 12.1 Å². The van der Waals surface area contributed by atoms with Crippen molar-refractivity contribution in [2.24, 2.45) is 5.92 Å². The van der Waals surface area contributed by atoms with Gasteiger partial charge >= 0.3 is 0 Å². The molecule has 2 heterocycles. The quantitative estimate of drug-likeness (QED) is 0.843. The highest BCUT2D eigenvalue weighted by Gasteiger charge is 2.24. The molecule has 4 nitrogen and oxygen atoms in total. The third-order valence-corrected chi connectivity index (χ3v) is 4.57. The van der Waals surface area contributed by atoms with Crippen molar-refractivity contribution in [2.75, 3.05) is 13.1 Å². The van der Waals surface area contributed by atoms with Crippen molar-refractivity contribution >= 4 is 5.91 Å². The lowest BCUT2D eigenvalue weighted by Gasteiger charge is -2.33. The average molecular weight is 333 g/mol. The van der Waals surface area contributed by atoms with E-state index in [1.54, 1.807) is 23.1 Å². The molecule has 0 saturated carbocycles. The number of halogens is 2. The molecule has 0 aliphatic carbocycles. The molecule has 1 saturated heterocycles. The minimum absolute atomic E-state index is 0.0661. The van der Waals surface area contributed by atoms with Crippen molar-refractivity contribution in [3.8, 4) is 0 Å². The Morgan fingerprint density at radius 2 is 2.21 bits per heavy atom. The smallest absolute Gasteiger partial charge is 0.244 e. The fourth-order valence-corrected chi connectivity index (χ4v) is 3.24. The van der Waals surface area contributed by atoms with Crippen LogP contribution in [-0.2, 0) is 17.8 Å². The summed E-state index contributed by atoms with van der Waals surface area (Å²) < 4.78 is 28.3. The van der Waals surface area contributed by atoms with E-state index in [9.17, 15) is 13.6 Å². The van der Waals surface area contributed by atoms with Crippen LogP contribution in [0, 0.1) is 17.6 Å². The van der Waals surface area contributed by atoms with E-state index < -0.39 is 11.6 Å². The molecule has 1 aliphatic rings. The van der Waals surface area contributed by atoms with Crippen LogP contribution in [0.3, 0.4) is 0 Å². The summed E-state index contributed by atoms with van der Waals surface area (Å²) in [4.78, 5) is 14.2. The zero-order valence-corrected chi connectivity index (χ0v) is 13.5. The lowest BCUT2D eigenvalue weighted by atomic mass is 9.91. The van der Waals surface area contributed by atoms with E-state index in [2.05, 4.69) is 5.10 Å². The van der Waals surface area contributed by atoms with Gasteiger partial charge in [0.2, 0.25) is 5.91 Å². The normalized spacial score (nSPS) is 17.9. The predicted molar refractivity (Wildman–Crippen MR) is 86.2 cm³/mol. The van der Waals surface area contributed by atoms with E-state index in [1.807, 2.05) is 4.90 Å². The maximum atomic E-state index is 13.7. The molecule has 6 heteroatoms. The molecule has 1 aliphatic heterocycles. The molecule has 24 heavy (non-hydrogen) atoms. The molecular formula is C18H21F2N3O. The maximum Gasteiger partial charge on any atom is 0.244 e. The monoisotopic (exact) mass is 333 g/mol. The first-order chi connectivity index (χ1) is 11.6. The predicted octanol–water partition coefficient (Wildman–Crippen LogP) is 3.03. The highest BCUT2D eigenvalue weighted by atomic mass is 19.1. The van der Waals surface area contributed by atoms with Gasteiger partial charge in [0.25, 0.3) is 0 Å². The molecule has 1 aromatic carbocycles. The van der Waals surface area contributed by atoms with Gasteiger partial charge in [-0.25, -0.2) is 8.78 Å². The summed E-state index contributed by atoms with van der Waals surface area (Å²) in [5, 5.41) is 4.06. The van der Waals surface area contributed by atoms with Crippen molar-refractivity contribution in [2.45, 2.75) is 32.2 Å². The Morgan fingerprint density at radius 3 is 2.96 bits per heavy atom. The third-order valence-electron chi connectivity index (χ3n) is 4.57. The van der Waals surface area contributed by atoms with Crippen LogP contribution in [0.25, 0.3) is 0 Å². The van der Waals surface area contributed by atoms with Crippen molar-refractivity contribution in [1.29, 1.82) is 0 Å². The molecule has 0 radical (unpaired) electrons. The molecular weight excluding hydrogens is 312 g/mol. The standard InChI is InChI=1S/C18H21F2N3O/c19-16-7-6-15(17(20)11-16)5-4-14-3-1-9-22(12-14)18(24)13-23-10-2-8-21-23/h2,6-8,10-11,14H,1,3-5,9,12-13H2/t14-/m1/s1. The Labute approximate surface area is 140 Å². The third kappa shape index (κ3) is 4.19. The van der Waals surface area contributed by atoms with Gasteiger partial charge < -0.3 is 4.90 Å². The largest absolute Gasteiger partial charge is 0.341 e. The van der Waals surface area contributed by atoms with E-state index in [4.69, 9.17) is 0 Å². The highest BCUT2D eigenvalue weighted by molar-refractivity contribution is 5.76. The summed E-state index contributed by atoms with van der Waals surface area (Å²) in [6, 6.07) is 5.52. The molecule has 0 bridgehead atoms. The van der Waals surface area contributed by atoms with Crippen molar-refractivity contribution < 1.29 is 13.6 Å². The van der Waals surface area contributed by atoms with Crippen LogP contribution in [0.15, 0.2) is 36.7 Å². The second-order valence-corrected chi connectivity index (χ2v) is 6.33. The number of aryl methyl sites for hydroxylation is 1. The summed E-state index contributed by atoms with van der Waals surface area (Å²) in [7, 11) is 0. The number of carbonyl (C=O) groups is 1. The number of rotatable bonds is 5. The molecule has 1 aromatic heterocycles. The van der Waals surface area contributed by atoms with Gasteiger partial charge in [0, 0.05) is 31.5 Å². The van der Waals surface area contributed by atoms with Gasteiger partial charge in [-0.2, -0.15) is 5.10 Å². The second kappa shape index (κ2) is 7.55. The van der Waals surface area contributed by atoms with Gasteiger partial charge in [0.15, 0.2) is 0 Å². The molecule has 128 valence electrons. The first-order valence-electron chi connectivity index (χ1n) is 8.31. The van der Waals surface area contributed by atoms with Gasteiger partial charge in [0.1, 0.15) is 18.2 Å². The number of carbonyl (C=O) groups excluding carboxylic acids is 1. The molecule has 1 amide bonds. The van der Waals surface area contributed by atoms with Gasteiger partial charge in [-0.3, -0.25) is 9.48 Å². The van der Waals surface area contributed by atoms with Gasteiger partial charge in [-0.1, -0.05) is 6.07 Å². The van der Waals surface area contributed by atoms with E-state index in [0.717, 1.165) is 31.9 Å². The highest BCUT2D eigenvalue weighted by Crippen LogP contribution is 2.23. The number of nitrogens with zero attached hydrogens (tertiary/aromatic N) is 3. The number of amides is 1. The topological polar surface area (TPSA) is 38.1 Å². The van der Waals surface area contributed by atoms with E-state index in [0.29, 0.717) is 24.4 Å². The summed E-state index contributed by atoms with van der Waals surface area (Å²) in [6.45, 7) is 1.72. The van der Waals surface area contributed by atoms with Crippen molar-refractivity contribution in [3.05, 3.63) is 53.9 Å². The minimum atomic E-state index is -0.552. The zero-order valence-electron chi connectivity index (χ0n) is 13.5. The summed E-state index contributed by atoms with van der Waals surface area (Å²) in [6.07, 6.45) is 6.79. The zero-order chi connectivity index (χ0) is 16.9. The Kier molecular flexibility index (Phi) is 5.23. The number of aromatic nitrogens is 2. The number of likely N-dealkylation sites (tertiary alicyclic amines) is 1. The average Bonchev–Trinajstić information content (AvgIpc) is 3.07. The Hall–Kier alpha value is -2.24. The maximum absolute atomic E-state index is 13.7. The Bertz CT molecular complexity index is 688. The van der Waals surface area contributed by atoms with Crippen LogP contribution in [0.1, 0.15) is 24.8 Å². The molecule has 1 atom stereocenters. The van der Waals surface area contributed by atoms with Gasteiger partial charge in [0.05, 0.1) is 0 Å². The number of hydrogen-bond acceptors (Lipinski definition) is 2. The van der Waals surface area contributed by atoms with Crippen LogP contribution in [0.5, 0.6) is 0 Å². The number of benzene rings is 1. The van der Waals surface area contributed by atoms with Gasteiger partial charge in [-0.15, -0.1) is 0 Å². The molecule has 0 unspecified atom stereocenters. The first-order valence-corrected chi connectivity index (χ1v) is 8.31. The summed E-state index contributed by atoms with van der Waals surface area (Å²) in [5.41, 5.74) is 0.538. The van der Waals surface area contributed by atoms with E-state index in [-0.39, 0.29) is 12.5 Å². The van der Waals surface area contributed by atoms with Crippen LogP contribution in [0.4, 0.5) is 8.78 Å². The van der Waals surface area contributed by atoms with Crippen LogP contribution in [-0.4, -0.2) is 33.7 Å². The van der Waals surface area contributed by atoms with Crippen molar-refractivity contribution in [3.63, 3.8) is 0 Å².